The average Bonchev–Trinajstić information content (AvgIpc) is 3.09. The molecule has 34 heavy (non-hydrogen) atoms. The summed E-state index contributed by atoms with van der Waals surface area (Å²) in [5.74, 6) is 0.742. The zero-order chi connectivity index (χ0) is 25.5. The molecule has 190 valence electrons. The molecule has 0 aromatic heterocycles. The zero-order valence-electron chi connectivity index (χ0n) is 21.9. The minimum absolute atomic E-state index is 0.0925. The van der Waals surface area contributed by atoms with Crippen molar-refractivity contribution >= 4 is 9.84 Å². The number of hydrogen-bond acceptors (Lipinski definition) is 4. The van der Waals surface area contributed by atoms with Gasteiger partial charge in [-0.15, -0.1) is 0 Å². The second-order valence-corrected chi connectivity index (χ2v) is 14.7. The van der Waals surface area contributed by atoms with Crippen LogP contribution in [0.3, 0.4) is 0 Å². The van der Waals surface area contributed by atoms with Gasteiger partial charge in [0.15, 0.2) is 9.84 Å². The van der Waals surface area contributed by atoms with Crippen molar-refractivity contribution in [1.29, 1.82) is 0 Å². The van der Waals surface area contributed by atoms with Crippen LogP contribution in [0.5, 0.6) is 0 Å². The monoisotopic (exact) mass is 488 g/mol. The number of aliphatic hydroxyl groups excluding tert-OH is 2. The molecule has 4 nitrogen and oxygen atoms in total. The molecule has 0 aliphatic heterocycles. The van der Waals surface area contributed by atoms with E-state index in [4.69, 9.17) is 0 Å². The van der Waals surface area contributed by atoms with Crippen molar-refractivity contribution in [3.63, 3.8) is 0 Å². The van der Waals surface area contributed by atoms with Gasteiger partial charge in [0.2, 0.25) is 0 Å². The largest absolute Gasteiger partial charge is 0.393 e. The van der Waals surface area contributed by atoms with E-state index in [1.165, 1.54) is 11.1 Å². The summed E-state index contributed by atoms with van der Waals surface area (Å²) in [4.78, 5) is 0.472. The molecule has 0 spiro atoms. The van der Waals surface area contributed by atoms with Crippen molar-refractivity contribution in [1.82, 2.24) is 0 Å². The van der Waals surface area contributed by atoms with Crippen molar-refractivity contribution in [2.45, 2.75) is 103 Å². The summed E-state index contributed by atoms with van der Waals surface area (Å²) >= 11 is 0. The van der Waals surface area contributed by atoms with E-state index in [1.807, 2.05) is 6.08 Å². The number of sulfone groups is 1. The lowest BCUT2D eigenvalue weighted by molar-refractivity contribution is 0.0862. The van der Waals surface area contributed by atoms with Crippen LogP contribution in [0.25, 0.3) is 0 Å². The number of hydrogen-bond donors (Lipinski definition) is 2. The minimum Gasteiger partial charge on any atom is -0.393 e. The van der Waals surface area contributed by atoms with Gasteiger partial charge in [0, 0.05) is 11.3 Å². The molecule has 0 heterocycles. The van der Waals surface area contributed by atoms with Gasteiger partial charge in [-0.2, -0.15) is 0 Å². The maximum Gasteiger partial charge on any atom is 0.178 e. The maximum atomic E-state index is 12.8. The summed E-state index contributed by atoms with van der Waals surface area (Å²) in [6.07, 6.45) is 13.4. The van der Waals surface area contributed by atoms with Crippen LogP contribution in [-0.4, -0.2) is 35.6 Å². The Labute approximate surface area is 207 Å². The fourth-order valence-corrected chi connectivity index (χ4v) is 7.42. The van der Waals surface area contributed by atoms with E-state index >= 15 is 0 Å². The summed E-state index contributed by atoms with van der Waals surface area (Å²) in [7, 11) is -3.29. The third-order valence-electron chi connectivity index (χ3n) is 8.40. The van der Waals surface area contributed by atoms with Gasteiger partial charge in [-0.1, -0.05) is 55.9 Å². The highest BCUT2D eigenvalue weighted by Crippen LogP contribution is 2.57. The lowest BCUT2D eigenvalue weighted by atomic mass is 9.62. The summed E-state index contributed by atoms with van der Waals surface area (Å²) in [6, 6.07) is 0. The molecule has 2 N–H and O–H groups in total. The Bertz CT molecular complexity index is 1030. The van der Waals surface area contributed by atoms with Crippen LogP contribution in [0.1, 0.15) is 86.5 Å². The lowest BCUT2D eigenvalue weighted by Gasteiger charge is -2.42. The lowest BCUT2D eigenvalue weighted by Crippen LogP contribution is -2.32. The molecule has 0 amide bonds. The van der Waals surface area contributed by atoms with Gasteiger partial charge in [0.1, 0.15) is 0 Å². The molecule has 3 aliphatic carbocycles. The van der Waals surface area contributed by atoms with Gasteiger partial charge in [0.25, 0.3) is 0 Å². The normalized spacial score (nSPS) is 34.4. The van der Waals surface area contributed by atoms with Crippen molar-refractivity contribution < 1.29 is 18.6 Å². The van der Waals surface area contributed by atoms with E-state index in [2.05, 4.69) is 38.7 Å². The van der Waals surface area contributed by atoms with E-state index in [-0.39, 0.29) is 5.41 Å². The summed E-state index contributed by atoms with van der Waals surface area (Å²) in [6.45, 7) is 15.6. The second-order valence-electron chi connectivity index (χ2n) is 11.9. The van der Waals surface area contributed by atoms with Gasteiger partial charge in [-0.05, 0) is 94.6 Å². The first kappa shape index (κ1) is 27.2. The molecule has 5 heteroatoms. The Hall–Kier alpha value is -1.43. The molecule has 5 atom stereocenters. The molecule has 0 aromatic carbocycles. The average molecular weight is 489 g/mol. The summed E-state index contributed by atoms with van der Waals surface area (Å²) in [5.41, 5.74) is 4.66. The molecule has 0 aromatic rings. The first-order chi connectivity index (χ1) is 15.7. The first-order valence-electron chi connectivity index (χ1n) is 12.8. The van der Waals surface area contributed by atoms with Gasteiger partial charge in [0.05, 0.1) is 17.0 Å². The molecule has 3 aliphatic rings. The molecule has 0 radical (unpaired) electrons. The van der Waals surface area contributed by atoms with E-state index in [0.717, 1.165) is 43.3 Å². The molecule has 0 unspecified atom stereocenters. The number of aliphatic hydroxyl groups is 2. The Balaban J connectivity index is 1.77. The van der Waals surface area contributed by atoms with Crippen LogP contribution in [0.2, 0.25) is 0 Å². The van der Waals surface area contributed by atoms with Crippen LogP contribution < -0.4 is 0 Å². The molecule has 0 bridgehead atoms. The van der Waals surface area contributed by atoms with Crippen LogP contribution in [0.4, 0.5) is 0 Å². The van der Waals surface area contributed by atoms with Gasteiger partial charge in [-0.25, -0.2) is 8.42 Å². The predicted molar refractivity (Wildman–Crippen MR) is 141 cm³/mol. The highest BCUT2D eigenvalue weighted by Gasteiger charge is 2.46. The Kier molecular flexibility index (Phi) is 7.91. The smallest absolute Gasteiger partial charge is 0.178 e. The number of fused-ring (bicyclic) bond motifs is 1. The molecule has 2 fully saturated rings. The fraction of sp³-hybridized carbons (Fsp3) is 0.655. The highest BCUT2D eigenvalue weighted by molar-refractivity contribution is 7.96. The Morgan fingerprint density at radius 1 is 1.29 bits per heavy atom. The molecular formula is C29H44O4S. The van der Waals surface area contributed by atoms with Crippen LogP contribution >= 0.6 is 0 Å². The predicted octanol–water partition coefficient (Wildman–Crippen LogP) is 6.19. The van der Waals surface area contributed by atoms with Crippen LogP contribution in [-0.2, 0) is 9.84 Å². The number of rotatable bonds is 5. The molecular weight excluding hydrogens is 444 g/mol. The first-order valence-corrected chi connectivity index (χ1v) is 14.2. The fourth-order valence-electron chi connectivity index (χ4n) is 6.14. The third kappa shape index (κ3) is 5.22. The molecule has 2 saturated carbocycles. The van der Waals surface area contributed by atoms with E-state index in [9.17, 15) is 18.6 Å². The minimum atomic E-state index is -3.29. The third-order valence-corrected chi connectivity index (χ3v) is 11.0. The van der Waals surface area contributed by atoms with Crippen LogP contribution in [0.15, 0.2) is 58.1 Å². The summed E-state index contributed by atoms with van der Waals surface area (Å²) < 4.78 is 24.7. The standard InChI is InChI=1S/C29H44O4S/c1-19(10-11-20(2)34(32,33)28(4,5)6)25-14-15-26-22(9-8-16-29(25,26)7)12-13-23-17-24(30)18-27(31)21(23)3/h11-14,19,24,26-27,30-31H,3,8-10,15-18H2,1-2,4-7H3/b20-11-,22-12+,23-13-/t19-,24+,26+,27-,29-/m1/s1. The van der Waals surface area contributed by atoms with Crippen molar-refractivity contribution in [2.75, 3.05) is 0 Å². The van der Waals surface area contributed by atoms with Crippen LogP contribution in [0, 0.1) is 17.3 Å². The van der Waals surface area contributed by atoms with E-state index < -0.39 is 26.8 Å². The second kappa shape index (κ2) is 9.91. The zero-order valence-corrected chi connectivity index (χ0v) is 22.7. The van der Waals surface area contributed by atoms with Crippen molar-refractivity contribution in [2.24, 2.45) is 17.3 Å². The quantitative estimate of drug-likeness (QED) is 0.453. The summed E-state index contributed by atoms with van der Waals surface area (Å²) in [5, 5.41) is 20.2. The van der Waals surface area contributed by atoms with Gasteiger partial charge in [-0.3, -0.25) is 0 Å². The molecule has 0 saturated heterocycles. The van der Waals surface area contributed by atoms with Crippen molar-refractivity contribution in [3.8, 4) is 0 Å². The molecule has 3 rings (SSSR count). The van der Waals surface area contributed by atoms with Gasteiger partial charge >= 0.3 is 0 Å². The Morgan fingerprint density at radius 3 is 2.62 bits per heavy atom. The van der Waals surface area contributed by atoms with Crippen molar-refractivity contribution in [3.05, 3.63) is 58.1 Å². The maximum absolute atomic E-state index is 12.8. The van der Waals surface area contributed by atoms with Gasteiger partial charge < -0.3 is 10.2 Å². The SMILES string of the molecule is C=C1/C(=C\C=C2/CCC[C@]3(C)C([C@H](C)C/C=C(/C)S(=O)(=O)C(C)(C)C)=CC[C@@H]23)C[C@H](O)C[C@H]1O. The Morgan fingerprint density at radius 2 is 1.97 bits per heavy atom. The van der Waals surface area contributed by atoms with E-state index in [0.29, 0.717) is 29.6 Å². The van der Waals surface area contributed by atoms with E-state index in [1.54, 1.807) is 27.7 Å². The number of allylic oxidation sites excluding steroid dienone is 7. The topological polar surface area (TPSA) is 74.6 Å². The highest BCUT2D eigenvalue weighted by atomic mass is 32.2.